The zero-order valence-electron chi connectivity index (χ0n) is 23.6. The monoisotopic (exact) mass is 486 g/mol. The van der Waals surface area contributed by atoms with Crippen LogP contribution in [0.1, 0.15) is 101 Å². The van der Waals surface area contributed by atoms with Crippen molar-refractivity contribution in [3.05, 3.63) is 0 Å². The molecule has 0 saturated heterocycles. The van der Waals surface area contributed by atoms with Crippen LogP contribution in [0.5, 0.6) is 0 Å². The molecule has 0 atom stereocenters. The number of rotatable bonds is 16. The second kappa shape index (κ2) is 25.5. The molecule has 8 heteroatoms. The van der Waals surface area contributed by atoms with Crippen molar-refractivity contribution in [2.45, 2.75) is 101 Å². The van der Waals surface area contributed by atoms with Gasteiger partial charge in [0.25, 0.3) is 0 Å². The fraction of sp³-hybridized carbons (Fsp3) is 0.846. The van der Waals surface area contributed by atoms with E-state index in [-0.39, 0.29) is 29.5 Å². The highest BCUT2D eigenvalue weighted by Crippen LogP contribution is 2.07. The van der Waals surface area contributed by atoms with Crippen molar-refractivity contribution >= 4 is 23.6 Å². The second-order valence-corrected chi connectivity index (χ2v) is 7.82. The van der Waals surface area contributed by atoms with E-state index in [1.54, 1.807) is 0 Å². The largest absolute Gasteiger partial charge is 0.356 e. The standard InChI is InChI=1S/C22H42N4O4.2C2H6/c1-6-20(28)24-13-11-16-25(21(29)7-2)14-8-9-15-26(22(30)18(3)4)17-10-12-23-19(5)27;2*1-2/h18H,6-17H2,1-5H3,(H,23,27)(H,24,28);2*1-2H3. The van der Waals surface area contributed by atoms with Gasteiger partial charge in [-0.1, -0.05) is 55.4 Å². The number of carbonyl (C=O) groups is 4. The molecule has 0 unspecified atom stereocenters. The molecule has 8 nitrogen and oxygen atoms in total. The number of unbranched alkanes of at least 4 members (excludes halogenated alkanes) is 1. The van der Waals surface area contributed by atoms with E-state index in [0.29, 0.717) is 52.1 Å². The molecule has 0 aromatic carbocycles. The number of nitrogens with one attached hydrogen (secondary N) is 2. The van der Waals surface area contributed by atoms with Crippen molar-refractivity contribution in [3.8, 4) is 0 Å². The Kier molecular flexibility index (Phi) is 27.3. The number of carbonyl (C=O) groups excluding carboxylic acids is 4. The van der Waals surface area contributed by atoms with Gasteiger partial charge in [0, 0.05) is 65.0 Å². The lowest BCUT2D eigenvalue weighted by molar-refractivity contribution is -0.135. The lowest BCUT2D eigenvalue weighted by Gasteiger charge is -2.26. The van der Waals surface area contributed by atoms with Crippen molar-refractivity contribution in [3.63, 3.8) is 0 Å². The van der Waals surface area contributed by atoms with Crippen molar-refractivity contribution in [2.75, 3.05) is 39.3 Å². The summed E-state index contributed by atoms with van der Waals surface area (Å²) in [6.07, 6.45) is 4.02. The SMILES string of the molecule is CC.CC.CCC(=O)NCCCN(CCCCN(CCCNC(C)=O)C(=O)C(C)C)C(=O)CC. The van der Waals surface area contributed by atoms with E-state index in [9.17, 15) is 19.2 Å². The Hall–Kier alpha value is -2.12. The minimum absolute atomic E-state index is 0.0248. The molecule has 0 aliphatic carbocycles. The van der Waals surface area contributed by atoms with Crippen LogP contribution in [-0.4, -0.2) is 72.7 Å². The maximum Gasteiger partial charge on any atom is 0.225 e. The van der Waals surface area contributed by atoms with Crippen LogP contribution in [0, 0.1) is 5.92 Å². The van der Waals surface area contributed by atoms with E-state index in [1.165, 1.54) is 6.92 Å². The first-order valence-electron chi connectivity index (χ1n) is 13.3. The summed E-state index contributed by atoms with van der Waals surface area (Å²) in [6.45, 7) is 20.6. The second-order valence-electron chi connectivity index (χ2n) is 7.82. The summed E-state index contributed by atoms with van der Waals surface area (Å²) < 4.78 is 0. The van der Waals surface area contributed by atoms with E-state index in [1.807, 2.05) is 65.2 Å². The molecular weight excluding hydrogens is 432 g/mol. The number of amides is 4. The molecule has 4 amide bonds. The van der Waals surface area contributed by atoms with Crippen LogP contribution in [0.4, 0.5) is 0 Å². The first kappa shape index (κ1) is 36.4. The summed E-state index contributed by atoms with van der Waals surface area (Å²) in [5.41, 5.74) is 0. The van der Waals surface area contributed by atoms with Crippen LogP contribution in [0.15, 0.2) is 0 Å². The number of hydrogen-bond donors (Lipinski definition) is 2. The van der Waals surface area contributed by atoms with E-state index < -0.39 is 0 Å². The topological polar surface area (TPSA) is 98.8 Å². The van der Waals surface area contributed by atoms with Gasteiger partial charge in [0.05, 0.1) is 0 Å². The minimum Gasteiger partial charge on any atom is -0.356 e. The highest BCUT2D eigenvalue weighted by atomic mass is 16.2. The van der Waals surface area contributed by atoms with E-state index >= 15 is 0 Å². The van der Waals surface area contributed by atoms with Gasteiger partial charge in [0.15, 0.2) is 0 Å². The Morgan fingerprint density at radius 2 is 1.12 bits per heavy atom. The third kappa shape index (κ3) is 20.5. The van der Waals surface area contributed by atoms with Crippen LogP contribution in [-0.2, 0) is 19.2 Å². The highest BCUT2D eigenvalue weighted by molar-refractivity contribution is 5.78. The van der Waals surface area contributed by atoms with Crippen molar-refractivity contribution in [1.82, 2.24) is 20.4 Å². The molecule has 0 rings (SSSR count). The smallest absolute Gasteiger partial charge is 0.225 e. The van der Waals surface area contributed by atoms with Gasteiger partial charge in [-0.2, -0.15) is 0 Å². The summed E-state index contributed by atoms with van der Waals surface area (Å²) in [5.74, 6) is 0.124. The Morgan fingerprint density at radius 3 is 1.56 bits per heavy atom. The summed E-state index contributed by atoms with van der Waals surface area (Å²) >= 11 is 0. The van der Waals surface area contributed by atoms with E-state index in [4.69, 9.17) is 0 Å². The number of hydrogen-bond acceptors (Lipinski definition) is 4. The van der Waals surface area contributed by atoms with Crippen LogP contribution in [0.3, 0.4) is 0 Å². The fourth-order valence-corrected chi connectivity index (χ4v) is 3.04. The molecule has 0 aliphatic heterocycles. The summed E-state index contributed by atoms with van der Waals surface area (Å²) in [5, 5.41) is 5.59. The first-order chi connectivity index (χ1) is 16.2. The van der Waals surface area contributed by atoms with Gasteiger partial charge in [-0.25, -0.2) is 0 Å². The lowest BCUT2D eigenvalue weighted by atomic mass is 10.1. The van der Waals surface area contributed by atoms with Gasteiger partial charge >= 0.3 is 0 Å². The predicted molar refractivity (Wildman–Crippen MR) is 141 cm³/mol. The molecule has 0 radical (unpaired) electrons. The van der Waals surface area contributed by atoms with Gasteiger partial charge < -0.3 is 20.4 Å². The molecule has 0 aromatic heterocycles. The molecule has 2 N–H and O–H groups in total. The first-order valence-corrected chi connectivity index (χ1v) is 13.3. The third-order valence-electron chi connectivity index (χ3n) is 4.79. The van der Waals surface area contributed by atoms with Crippen molar-refractivity contribution < 1.29 is 19.2 Å². The van der Waals surface area contributed by atoms with Gasteiger partial charge in [0.2, 0.25) is 23.6 Å². The van der Waals surface area contributed by atoms with Gasteiger partial charge in [-0.3, -0.25) is 19.2 Å². The average Bonchev–Trinajstić information content (AvgIpc) is 2.85. The normalized spacial score (nSPS) is 9.71. The quantitative estimate of drug-likeness (QED) is 0.322. The van der Waals surface area contributed by atoms with Crippen molar-refractivity contribution in [1.29, 1.82) is 0 Å². The molecule has 0 heterocycles. The van der Waals surface area contributed by atoms with E-state index in [2.05, 4.69) is 10.6 Å². The molecule has 0 spiro atoms. The molecular formula is C26H54N4O4. The highest BCUT2D eigenvalue weighted by Gasteiger charge is 2.17. The molecule has 202 valence electrons. The van der Waals surface area contributed by atoms with Crippen LogP contribution < -0.4 is 10.6 Å². The van der Waals surface area contributed by atoms with Gasteiger partial charge in [-0.15, -0.1) is 0 Å². The van der Waals surface area contributed by atoms with Crippen molar-refractivity contribution in [2.24, 2.45) is 5.92 Å². The lowest BCUT2D eigenvalue weighted by Crippen LogP contribution is -2.38. The van der Waals surface area contributed by atoms with Crippen LogP contribution >= 0.6 is 0 Å². The molecule has 0 aromatic rings. The Balaban J connectivity index is -0.00000227. The molecule has 34 heavy (non-hydrogen) atoms. The fourth-order valence-electron chi connectivity index (χ4n) is 3.04. The maximum absolute atomic E-state index is 12.4. The predicted octanol–water partition coefficient (Wildman–Crippen LogP) is 3.98. The molecule has 0 aliphatic rings. The zero-order chi connectivity index (χ0) is 26.9. The average molecular weight is 487 g/mol. The maximum atomic E-state index is 12.4. The third-order valence-corrected chi connectivity index (χ3v) is 4.79. The zero-order valence-corrected chi connectivity index (χ0v) is 23.6. The molecule has 0 bridgehead atoms. The Morgan fingerprint density at radius 1 is 0.676 bits per heavy atom. The summed E-state index contributed by atoms with van der Waals surface area (Å²) in [7, 11) is 0. The van der Waals surface area contributed by atoms with Gasteiger partial charge in [-0.05, 0) is 25.7 Å². The molecule has 0 fully saturated rings. The molecule has 0 saturated carbocycles. The minimum atomic E-state index is -0.0673. The summed E-state index contributed by atoms with van der Waals surface area (Å²) in [4.78, 5) is 50.6. The summed E-state index contributed by atoms with van der Waals surface area (Å²) in [6, 6.07) is 0. The Labute approximate surface area is 209 Å². The Bertz CT molecular complexity index is 539. The van der Waals surface area contributed by atoms with Gasteiger partial charge in [0.1, 0.15) is 0 Å². The van der Waals surface area contributed by atoms with E-state index in [0.717, 1.165) is 25.7 Å². The van der Waals surface area contributed by atoms with Crippen LogP contribution in [0.2, 0.25) is 0 Å². The number of nitrogens with zero attached hydrogens (tertiary/aromatic N) is 2. The van der Waals surface area contributed by atoms with Crippen LogP contribution in [0.25, 0.3) is 0 Å².